The number of hydrogen-bond donors (Lipinski definition) is 1. The van der Waals surface area contributed by atoms with Crippen molar-refractivity contribution in [3.63, 3.8) is 0 Å². The summed E-state index contributed by atoms with van der Waals surface area (Å²) in [6.07, 6.45) is 2.29. The van der Waals surface area contributed by atoms with Crippen molar-refractivity contribution >= 4 is 5.97 Å². The zero-order valence-electron chi connectivity index (χ0n) is 9.95. The normalized spacial score (nSPS) is 10.1. The number of benzene rings is 1. The summed E-state index contributed by atoms with van der Waals surface area (Å²) in [5.74, 6) is -0.234. The Labute approximate surface area is 96.8 Å². The lowest BCUT2D eigenvalue weighted by molar-refractivity contribution is -0.139. The molecule has 16 heavy (non-hydrogen) atoms. The van der Waals surface area contributed by atoms with Crippen LogP contribution in [-0.4, -0.2) is 19.6 Å². The van der Waals surface area contributed by atoms with E-state index >= 15 is 0 Å². The summed E-state index contributed by atoms with van der Waals surface area (Å²) in [6.45, 7) is 3.13. The molecule has 0 fully saturated rings. The van der Waals surface area contributed by atoms with Gasteiger partial charge in [-0.3, -0.25) is 4.79 Å². The molecule has 1 aromatic rings. The van der Waals surface area contributed by atoms with Crippen molar-refractivity contribution in [1.82, 2.24) is 5.32 Å². The van der Waals surface area contributed by atoms with E-state index in [4.69, 9.17) is 0 Å². The average Bonchev–Trinajstić information content (AvgIpc) is 2.31. The molecule has 0 saturated carbocycles. The molecular weight excluding hydrogens is 202 g/mol. The van der Waals surface area contributed by atoms with Gasteiger partial charge in [-0.2, -0.15) is 0 Å². The van der Waals surface area contributed by atoms with E-state index in [1.807, 2.05) is 0 Å². The van der Waals surface area contributed by atoms with Gasteiger partial charge in [0.2, 0.25) is 0 Å². The number of hydrogen-bond acceptors (Lipinski definition) is 3. The van der Waals surface area contributed by atoms with Crippen LogP contribution in [0.25, 0.3) is 0 Å². The Bertz CT molecular complexity index is 319. The fraction of sp³-hybridized carbons (Fsp3) is 0.462. The van der Waals surface area contributed by atoms with Crippen LogP contribution >= 0.6 is 0 Å². The van der Waals surface area contributed by atoms with E-state index in [0.717, 1.165) is 6.42 Å². The van der Waals surface area contributed by atoms with Crippen molar-refractivity contribution in [2.45, 2.75) is 26.3 Å². The number of carbonyl (C=O) groups is 1. The molecule has 0 aliphatic carbocycles. The molecule has 0 amide bonds. The molecule has 0 aliphatic rings. The monoisotopic (exact) mass is 221 g/mol. The van der Waals surface area contributed by atoms with Gasteiger partial charge in [-0.15, -0.1) is 0 Å². The lowest BCUT2D eigenvalue weighted by atomic mass is 10.1. The second-order valence-electron chi connectivity index (χ2n) is 3.75. The van der Waals surface area contributed by atoms with E-state index in [2.05, 4.69) is 41.2 Å². The van der Waals surface area contributed by atoms with E-state index in [1.54, 1.807) is 0 Å². The summed E-state index contributed by atoms with van der Waals surface area (Å²) < 4.78 is 4.54. The van der Waals surface area contributed by atoms with Gasteiger partial charge in [-0.1, -0.05) is 37.6 Å². The molecule has 3 heteroatoms. The van der Waals surface area contributed by atoms with Gasteiger partial charge in [-0.25, -0.2) is 0 Å². The minimum atomic E-state index is -0.234. The van der Waals surface area contributed by atoms with Crippen molar-refractivity contribution < 1.29 is 9.53 Å². The van der Waals surface area contributed by atoms with Crippen LogP contribution in [-0.2, 0) is 22.5 Å². The van der Waals surface area contributed by atoms with Crippen molar-refractivity contribution in [2.75, 3.05) is 13.7 Å². The Hall–Kier alpha value is -1.35. The van der Waals surface area contributed by atoms with Crippen LogP contribution < -0.4 is 5.32 Å². The molecule has 0 heterocycles. The molecule has 0 spiro atoms. The predicted molar refractivity (Wildman–Crippen MR) is 64.2 cm³/mol. The molecule has 0 aromatic heterocycles. The highest BCUT2D eigenvalue weighted by Gasteiger charge is 1.99. The first kappa shape index (κ1) is 12.7. The first-order chi connectivity index (χ1) is 7.76. The Morgan fingerprint density at radius 3 is 2.44 bits per heavy atom. The minimum absolute atomic E-state index is 0.234. The highest BCUT2D eigenvalue weighted by Crippen LogP contribution is 2.06. The summed E-state index contributed by atoms with van der Waals surface area (Å²) in [6, 6.07) is 8.46. The maximum absolute atomic E-state index is 10.9. The van der Waals surface area contributed by atoms with Gasteiger partial charge in [0.05, 0.1) is 13.7 Å². The summed E-state index contributed by atoms with van der Waals surface area (Å²) >= 11 is 0. The molecule has 3 nitrogen and oxygen atoms in total. The summed E-state index contributed by atoms with van der Waals surface area (Å²) in [7, 11) is 1.39. The molecule has 0 bridgehead atoms. The quantitative estimate of drug-likeness (QED) is 0.746. The highest BCUT2D eigenvalue weighted by atomic mass is 16.5. The second-order valence-corrected chi connectivity index (χ2v) is 3.75. The third kappa shape index (κ3) is 4.45. The SMILES string of the molecule is CCCc1ccc(CNCC(=O)OC)cc1. The first-order valence-electron chi connectivity index (χ1n) is 5.61. The standard InChI is InChI=1S/C13H19NO2/c1-3-4-11-5-7-12(8-6-11)9-14-10-13(15)16-2/h5-8,14H,3-4,9-10H2,1-2H3. The van der Waals surface area contributed by atoms with Gasteiger partial charge in [0, 0.05) is 6.54 Å². The lowest BCUT2D eigenvalue weighted by Crippen LogP contribution is -2.23. The van der Waals surface area contributed by atoms with E-state index in [-0.39, 0.29) is 12.5 Å². The van der Waals surface area contributed by atoms with Gasteiger partial charge in [-0.05, 0) is 17.5 Å². The second kappa shape index (κ2) is 7.01. The fourth-order valence-corrected chi connectivity index (χ4v) is 1.49. The Balaban J connectivity index is 2.34. The van der Waals surface area contributed by atoms with Crippen LogP contribution in [0.15, 0.2) is 24.3 Å². The smallest absolute Gasteiger partial charge is 0.319 e. The highest BCUT2D eigenvalue weighted by molar-refractivity contribution is 5.71. The zero-order valence-corrected chi connectivity index (χ0v) is 9.95. The van der Waals surface area contributed by atoms with E-state index in [0.29, 0.717) is 6.54 Å². The van der Waals surface area contributed by atoms with Gasteiger partial charge in [0.1, 0.15) is 0 Å². The van der Waals surface area contributed by atoms with Crippen molar-refractivity contribution in [3.05, 3.63) is 35.4 Å². The van der Waals surface area contributed by atoms with Crippen molar-refractivity contribution in [2.24, 2.45) is 0 Å². The topological polar surface area (TPSA) is 38.3 Å². The maximum Gasteiger partial charge on any atom is 0.319 e. The molecule has 1 aromatic carbocycles. The average molecular weight is 221 g/mol. The van der Waals surface area contributed by atoms with Crippen molar-refractivity contribution in [1.29, 1.82) is 0 Å². The number of esters is 1. The fourth-order valence-electron chi connectivity index (χ4n) is 1.49. The Morgan fingerprint density at radius 2 is 1.88 bits per heavy atom. The molecule has 0 saturated heterocycles. The summed E-state index contributed by atoms with van der Waals surface area (Å²) in [5.41, 5.74) is 2.54. The number of aryl methyl sites for hydroxylation is 1. The molecule has 1 rings (SSSR count). The van der Waals surface area contributed by atoms with Crippen LogP contribution in [0.2, 0.25) is 0 Å². The summed E-state index contributed by atoms with van der Waals surface area (Å²) in [4.78, 5) is 10.9. The number of rotatable bonds is 6. The third-order valence-corrected chi connectivity index (χ3v) is 2.39. The number of carbonyl (C=O) groups excluding carboxylic acids is 1. The molecule has 88 valence electrons. The number of nitrogens with one attached hydrogen (secondary N) is 1. The lowest BCUT2D eigenvalue weighted by Gasteiger charge is -2.05. The number of methoxy groups -OCH3 is 1. The molecule has 0 atom stereocenters. The third-order valence-electron chi connectivity index (χ3n) is 2.39. The summed E-state index contributed by atoms with van der Waals surface area (Å²) in [5, 5.41) is 3.03. The molecular formula is C13H19NO2. The van der Waals surface area contributed by atoms with Gasteiger partial charge in [0.15, 0.2) is 0 Å². The van der Waals surface area contributed by atoms with E-state index in [1.165, 1.54) is 24.7 Å². The van der Waals surface area contributed by atoms with Crippen LogP contribution in [0.4, 0.5) is 0 Å². The van der Waals surface area contributed by atoms with Gasteiger partial charge < -0.3 is 10.1 Å². The van der Waals surface area contributed by atoms with Gasteiger partial charge in [0.25, 0.3) is 0 Å². The van der Waals surface area contributed by atoms with Crippen LogP contribution in [0, 0.1) is 0 Å². The predicted octanol–water partition coefficient (Wildman–Crippen LogP) is 1.90. The maximum atomic E-state index is 10.9. The minimum Gasteiger partial charge on any atom is -0.468 e. The molecule has 0 aliphatic heterocycles. The number of ether oxygens (including phenoxy) is 1. The first-order valence-corrected chi connectivity index (χ1v) is 5.61. The van der Waals surface area contributed by atoms with Gasteiger partial charge >= 0.3 is 5.97 Å². The zero-order chi connectivity index (χ0) is 11.8. The molecule has 1 N–H and O–H groups in total. The van der Waals surface area contributed by atoms with Crippen LogP contribution in [0.5, 0.6) is 0 Å². The van der Waals surface area contributed by atoms with E-state index in [9.17, 15) is 4.79 Å². The van der Waals surface area contributed by atoms with Crippen molar-refractivity contribution in [3.8, 4) is 0 Å². The largest absolute Gasteiger partial charge is 0.468 e. The molecule has 0 radical (unpaired) electrons. The Morgan fingerprint density at radius 1 is 1.25 bits per heavy atom. The van der Waals surface area contributed by atoms with E-state index < -0.39 is 0 Å². The molecule has 0 unspecified atom stereocenters. The van der Waals surface area contributed by atoms with Crippen LogP contribution in [0.3, 0.4) is 0 Å². The Kier molecular flexibility index (Phi) is 5.57. The van der Waals surface area contributed by atoms with Crippen LogP contribution in [0.1, 0.15) is 24.5 Å².